The SMILES string of the molecule is CCOC(=O)CCCCCC(=O)C(C)C. The molecule has 0 amide bonds. The van der Waals surface area contributed by atoms with Gasteiger partial charge in [-0.05, 0) is 19.8 Å². The van der Waals surface area contributed by atoms with Crippen LogP contribution in [0.25, 0.3) is 0 Å². The molecule has 0 aliphatic rings. The number of hydrogen-bond donors (Lipinski definition) is 0. The van der Waals surface area contributed by atoms with E-state index >= 15 is 0 Å². The molecule has 0 aliphatic heterocycles. The summed E-state index contributed by atoms with van der Waals surface area (Å²) in [4.78, 5) is 22.2. The van der Waals surface area contributed by atoms with Gasteiger partial charge in [-0.1, -0.05) is 20.3 Å². The molecule has 0 fully saturated rings. The van der Waals surface area contributed by atoms with Gasteiger partial charge in [0.2, 0.25) is 0 Å². The van der Waals surface area contributed by atoms with E-state index in [1.165, 1.54) is 0 Å². The lowest BCUT2D eigenvalue weighted by molar-refractivity contribution is -0.143. The maximum absolute atomic E-state index is 11.3. The van der Waals surface area contributed by atoms with Crippen LogP contribution >= 0.6 is 0 Å². The minimum Gasteiger partial charge on any atom is -0.466 e. The highest BCUT2D eigenvalue weighted by Gasteiger charge is 2.06. The fraction of sp³-hybridized carbons (Fsp3) is 0.833. The van der Waals surface area contributed by atoms with Crippen LogP contribution in [0.5, 0.6) is 0 Å². The van der Waals surface area contributed by atoms with Crippen LogP contribution in [-0.4, -0.2) is 18.4 Å². The molecule has 0 bridgehead atoms. The topological polar surface area (TPSA) is 43.4 Å². The number of esters is 1. The average molecular weight is 214 g/mol. The maximum atomic E-state index is 11.3. The highest BCUT2D eigenvalue weighted by atomic mass is 16.5. The molecule has 0 saturated carbocycles. The molecule has 3 heteroatoms. The van der Waals surface area contributed by atoms with Crippen molar-refractivity contribution in [2.75, 3.05) is 6.61 Å². The Morgan fingerprint density at radius 2 is 1.67 bits per heavy atom. The molecule has 3 nitrogen and oxygen atoms in total. The molecule has 15 heavy (non-hydrogen) atoms. The lowest BCUT2D eigenvalue weighted by Crippen LogP contribution is -2.06. The van der Waals surface area contributed by atoms with Gasteiger partial charge in [-0.3, -0.25) is 9.59 Å². The summed E-state index contributed by atoms with van der Waals surface area (Å²) in [7, 11) is 0. The Morgan fingerprint density at radius 3 is 2.20 bits per heavy atom. The molecule has 0 radical (unpaired) electrons. The Hall–Kier alpha value is -0.860. The van der Waals surface area contributed by atoms with Crippen molar-refractivity contribution in [2.45, 2.75) is 52.9 Å². The molecule has 0 aromatic rings. The first-order valence-electron chi connectivity index (χ1n) is 5.76. The summed E-state index contributed by atoms with van der Waals surface area (Å²) < 4.78 is 4.80. The summed E-state index contributed by atoms with van der Waals surface area (Å²) >= 11 is 0. The van der Waals surface area contributed by atoms with Crippen LogP contribution in [0.4, 0.5) is 0 Å². The largest absolute Gasteiger partial charge is 0.466 e. The first-order chi connectivity index (χ1) is 7.07. The molecule has 0 spiro atoms. The monoisotopic (exact) mass is 214 g/mol. The summed E-state index contributed by atoms with van der Waals surface area (Å²) in [6, 6.07) is 0. The second-order valence-corrected chi connectivity index (χ2v) is 3.99. The standard InChI is InChI=1S/C12H22O3/c1-4-15-12(14)9-7-5-6-8-11(13)10(2)3/h10H,4-9H2,1-3H3. The fourth-order valence-electron chi connectivity index (χ4n) is 1.27. The van der Waals surface area contributed by atoms with Crippen LogP contribution in [0.1, 0.15) is 52.9 Å². The second-order valence-electron chi connectivity index (χ2n) is 3.99. The summed E-state index contributed by atoms with van der Waals surface area (Å²) in [6.45, 7) is 6.09. The molecule has 0 N–H and O–H groups in total. The van der Waals surface area contributed by atoms with E-state index in [1.54, 1.807) is 6.92 Å². The van der Waals surface area contributed by atoms with Gasteiger partial charge in [0.15, 0.2) is 0 Å². The van der Waals surface area contributed by atoms with Gasteiger partial charge < -0.3 is 4.74 Å². The molecule has 0 heterocycles. The fourth-order valence-corrected chi connectivity index (χ4v) is 1.27. The molecule has 0 atom stereocenters. The zero-order valence-corrected chi connectivity index (χ0v) is 10.0. The second kappa shape index (κ2) is 8.45. The Labute approximate surface area is 92.2 Å². The quantitative estimate of drug-likeness (QED) is 0.461. The molecular formula is C12H22O3. The van der Waals surface area contributed by atoms with Crippen molar-refractivity contribution in [2.24, 2.45) is 5.92 Å². The Morgan fingerprint density at radius 1 is 1.07 bits per heavy atom. The number of Topliss-reactive ketones (excluding diaryl/α,β-unsaturated/α-hetero) is 1. The van der Waals surface area contributed by atoms with Crippen LogP contribution in [0.15, 0.2) is 0 Å². The lowest BCUT2D eigenvalue weighted by atomic mass is 10.0. The van der Waals surface area contributed by atoms with Crippen molar-refractivity contribution in [3.05, 3.63) is 0 Å². The highest BCUT2D eigenvalue weighted by Crippen LogP contribution is 2.08. The van der Waals surface area contributed by atoms with Gasteiger partial charge in [-0.15, -0.1) is 0 Å². The van der Waals surface area contributed by atoms with Crippen molar-refractivity contribution in [1.82, 2.24) is 0 Å². The third kappa shape index (κ3) is 8.16. The van der Waals surface area contributed by atoms with Gasteiger partial charge in [0.1, 0.15) is 5.78 Å². The molecule has 0 aliphatic carbocycles. The molecule has 0 unspecified atom stereocenters. The summed E-state index contributed by atoms with van der Waals surface area (Å²) in [5, 5.41) is 0. The minimum atomic E-state index is -0.132. The van der Waals surface area contributed by atoms with Crippen molar-refractivity contribution in [3.63, 3.8) is 0 Å². The van der Waals surface area contributed by atoms with Crippen molar-refractivity contribution in [3.8, 4) is 0 Å². The first kappa shape index (κ1) is 14.1. The van der Waals surface area contributed by atoms with Gasteiger partial charge >= 0.3 is 5.97 Å². The number of ether oxygens (including phenoxy) is 1. The highest BCUT2D eigenvalue weighted by molar-refractivity contribution is 5.80. The third-order valence-corrected chi connectivity index (χ3v) is 2.25. The minimum absolute atomic E-state index is 0.132. The van der Waals surface area contributed by atoms with Gasteiger partial charge in [0, 0.05) is 18.8 Å². The van der Waals surface area contributed by atoms with E-state index in [1.807, 2.05) is 13.8 Å². The lowest BCUT2D eigenvalue weighted by Gasteiger charge is -2.04. The van der Waals surface area contributed by atoms with E-state index < -0.39 is 0 Å². The van der Waals surface area contributed by atoms with Crippen molar-refractivity contribution in [1.29, 1.82) is 0 Å². The smallest absolute Gasteiger partial charge is 0.305 e. The molecular weight excluding hydrogens is 192 g/mol. The molecule has 0 aromatic carbocycles. The number of rotatable bonds is 8. The van der Waals surface area contributed by atoms with Gasteiger partial charge in [0.05, 0.1) is 6.61 Å². The Balaban J connectivity index is 3.32. The predicted octanol–water partition coefficient (Wildman–Crippen LogP) is 2.73. The van der Waals surface area contributed by atoms with Crippen LogP contribution in [-0.2, 0) is 14.3 Å². The zero-order valence-electron chi connectivity index (χ0n) is 10.0. The van der Waals surface area contributed by atoms with Crippen LogP contribution in [0.3, 0.4) is 0 Å². The van der Waals surface area contributed by atoms with E-state index in [-0.39, 0.29) is 11.9 Å². The maximum Gasteiger partial charge on any atom is 0.305 e. The number of hydrogen-bond acceptors (Lipinski definition) is 3. The molecule has 88 valence electrons. The van der Waals surface area contributed by atoms with E-state index in [4.69, 9.17) is 4.74 Å². The van der Waals surface area contributed by atoms with E-state index in [0.29, 0.717) is 25.2 Å². The Kier molecular flexibility index (Phi) is 7.96. The number of unbranched alkanes of at least 4 members (excludes halogenated alkanes) is 2. The van der Waals surface area contributed by atoms with Crippen LogP contribution < -0.4 is 0 Å². The van der Waals surface area contributed by atoms with Crippen molar-refractivity contribution < 1.29 is 14.3 Å². The van der Waals surface area contributed by atoms with E-state index in [9.17, 15) is 9.59 Å². The van der Waals surface area contributed by atoms with Crippen molar-refractivity contribution >= 4 is 11.8 Å². The number of carbonyl (C=O) groups excluding carboxylic acids is 2. The van der Waals surface area contributed by atoms with E-state index in [2.05, 4.69) is 0 Å². The van der Waals surface area contributed by atoms with E-state index in [0.717, 1.165) is 19.3 Å². The van der Waals surface area contributed by atoms with Gasteiger partial charge in [0.25, 0.3) is 0 Å². The van der Waals surface area contributed by atoms with Gasteiger partial charge in [-0.2, -0.15) is 0 Å². The summed E-state index contributed by atoms with van der Waals surface area (Å²) in [5.41, 5.74) is 0. The average Bonchev–Trinajstić information content (AvgIpc) is 2.17. The zero-order chi connectivity index (χ0) is 11.7. The summed E-state index contributed by atoms with van der Waals surface area (Å²) in [6.07, 6.45) is 3.75. The Bertz CT molecular complexity index is 197. The van der Waals surface area contributed by atoms with Crippen LogP contribution in [0.2, 0.25) is 0 Å². The molecule has 0 aromatic heterocycles. The molecule has 0 saturated heterocycles. The van der Waals surface area contributed by atoms with Gasteiger partial charge in [-0.25, -0.2) is 0 Å². The van der Waals surface area contributed by atoms with Crippen LogP contribution in [0, 0.1) is 5.92 Å². The number of carbonyl (C=O) groups is 2. The predicted molar refractivity (Wildman–Crippen MR) is 59.6 cm³/mol. The normalized spacial score (nSPS) is 10.4. The third-order valence-electron chi connectivity index (χ3n) is 2.25. The molecule has 0 rings (SSSR count). The first-order valence-corrected chi connectivity index (χ1v) is 5.76. The number of ketones is 1. The summed E-state index contributed by atoms with van der Waals surface area (Å²) in [5.74, 6) is 0.314.